The fraction of sp³-hybridized carbons (Fsp3) is 0.0833. The predicted octanol–water partition coefficient (Wildman–Crippen LogP) is 3.08. The SMILES string of the molecule is CC1=C=CN(c2ccccc2)C=C1. The van der Waals surface area contributed by atoms with E-state index in [2.05, 4.69) is 17.9 Å². The van der Waals surface area contributed by atoms with Crippen LogP contribution in [-0.2, 0) is 0 Å². The number of allylic oxidation sites excluding steroid dienone is 2. The van der Waals surface area contributed by atoms with E-state index in [0.29, 0.717) is 0 Å². The lowest BCUT2D eigenvalue weighted by molar-refractivity contribution is 1.25. The van der Waals surface area contributed by atoms with Crippen LogP contribution in [0.25, 0.3) is 0 Å². The van der Waals surface area contributed by atoms with Crippen LogP contribution in [0.3, 0.4) is 0 Å². The van der Waals surface area contributed by atoms with Crippen molar-refractivity contribution in [1.82, 2.24) is 0 Å². The average Bonchev–Trinajstić information content (AvgIpc) is 2.20. The molecule has 0 N–H and O–H groups in total. The van der Waals surface area contributed by atoms with E-state index in [1.54, 1.807) is 0 Å². The Morgan fingerprint density at radius 1 is 1.15 bits per heavy atom. The van der Waals surface area contributed by atoms with Crippen LogP contribution < -0.4 is 4.90 Å². The van der Waals surface area contributed by atoms with Crippen molar-refractivity contribution >= 4 is 5.69 Å². The number of rotatable bonds is 1. The number of nitrogens with zero attached hydrogens (tertiary/aromatic N) is 1. The lowest BCUT2D eigenvalue weighted by atomic mass is 10.2. The average molecular weight is 169 g/mol. The Kier molecular flexibility index (Phi) is 2.03. The highest BCUT2D eigenvalue weighted by Gasteiger charge is 1.99. The molecule has 2 rings (SSSR count). The molecule has 0 bridgehead atoms. The molecule has 0 saturated heterocycles. The van der Waals surface area contributed by atoms with Gasteiger partial charge in [-0.3, -0.25) is 0 Å². The maximum absolute atomic E-state index is 3.16. The summed E-state index contributed by atoms with van der Waals surface area (Å²) in [5.74, 6) is 0. The molecule has 0 unspecified atom stereocenters. The smallest absolute Gasteiger partial charge is 0.0515 e. The standard InChI is InChI=1S/C12H11N/c1-11-7-9-13(10-8-11)12-5-3-2-4-6-12/h2-7,9-10H,1H3. The summed E-state index contributed by atoms with van der Waals surface area (Å²) in [6.45, 7) is 2.04. The highest BCUT2D eigenvalue weighted by molar-refractivity contribution is 5.53. The largest absolute Gasteiger partial charge is 0.317 e. The predicted molar refractivity (Wildman–Crippen MR) is 55.3 cm³/mol. The van der Waals surface area contributed by atoms with Gasteiger partial charge in [-0.05, 0) is 30.7 Å². The van der Waals surface area contributed by atoms with Crippen LogP contribution in [0.15, 0.2) is 60.1 Å². The highest BCUT2D eigenvalue weighted by Crippen LogP contribution is 2.16. The van der Waals surface area contributed by atoms with Gasteiger partial charge in [-0.1, -0.05) is 23.9 Å². The molecule has 0 atom stereocenters. The third-order valence-corrected chi connectivity index (χ3v) is 1.97. The second kappa shape index (κ2) is 3.34. The second-order valence-electron chi connectivity index (χ2n) is 3.02. The zero-order valence-corrected chi connectivity index (χ0v) is 7.57. The molecule has 64 valence electrons. The van der Waals surface area contributed by atoms with Gasteiger partial charge in [0.05, 0.1) is 6.20 Å². The first-order chi connectivity index (χ1) is 6.36. The number of hydrogen-bond acceptors (Lipinski definition) is 1. The first-order valence-corrected chi connectivity index (χ1v) is 4.31. The summed E-state index contributed by atoms with van der Waals surface area (Å²) in [6.07, 6.45) is 6.04. The van der Waals surface area contributed by atoms with E-state index < -0.39 is 0 Å². The van der Waals surface area contributed by atoms with Crippen molar-refractivity contribution in [3.63, 3.8) is 0 Å². The molecule has 1 heteroatoms. The van der Waals surface area contributed by atoms with Crippen molar-refractivity contribution in [1.29, 1.82) is 0 Å². The van der Waals surface area contributed by atoms with Crippen LogP contribution in [-0.4, -0.2) is 0 Å². The van der Waals surface area contributed by atoms with Crippen LogP contribution in [0.1, 0.15) is 6.92 Å². The van der Waals surface area contributed by atoms with Crippen LogP contribution in [0.2, 0.25) is 0 Å². The van der Waals surface area contributed by atoms with E-state index >= 15 is 0 Å². The van der Waals surface area contributed by atoms with Crippen molar-refractivity contribution in [3.8, 4) is 0 Å². The van der Waals surface area contributed by atoms with Gasteiger partial charge in [0.2, 0.25) is 0 Å². The molecule has 0 aromatic heterocycles. The fourth-order valence-electron chi connectivity index (χ4n) is 1.22. The summed E-state index contributed by atoms with van der Waals surface area (Å²) in [4.78, 5) is 2.05. The van der Waals surface area contributed by atoms with Gasteiger partial charge in [0.15, 0.2) is 0 Å². The summed E-state index contributed by atoms with van der Waals surface area (Å²) in [5.41, 5.74) is 5.49. The highest BCUT2D eigenvalue weighted by atomic mass is 15.1. The molecule has 0 aliphatic carbocycles. The lowest BCUT2D eigenvalue weighted by Gasteiger charge is -2.16. The molecule has 1 aromatic carbocycles. The van der Waals surface area contributed by atoms with Gasteiger partial charge in [-0.2, -0.15) is 0 Å². The van der Waals surface area contributed by atoms with E-state index in [0.717, 1.165) is 5.57 Å². The summed E-state index contributed by atoms with van der Waals surface area (Å²) in [7, 11) is 0. The monoisotopic (exact) mass is 169 g/mol. The summed E-state index contributed by atoms with van der Waals surface area (Å²) >= 11 is 0. The Morgan fingerprint density at radius 3 is 2.54 bits per heavy atom. The number of para-hydroxylation sites is 1. The van der Waals surface area contributed by atoms with E-state index in [4.69, 9.17) is 0 Å². The maximum atomic E-state index is 3.16. The molecule has 13 heavy (non-hydrogen) atoms. The first kappa shape index (κ1) is 7.90. The van der Waals surface area contributed by atoms with E-state index in [-0.39, 0.29) is 0 Å². The number of benzene rings is 1. The van der Waals surface area contributed by atoms with Gasteiger partial charge in [-0.25, -0.2) is 0 Å². The quantitative estimate of drug-likeness (QED) is 0.584. The Morgan fingerprint density at radius 2 is 1.92 bits per heavy atom. The molecule has 0 spiro atoms. The molecule has 1 heterocycles. The third kappa shape index (κ3) is 1.71. The second-order valence-corrected chi connectivity index (χ2v) is 3.02. The van der Waals surface area contributed by atoms with Gasteiger partial charge in [0.1, 0.15) is 0 Å². The van der Waals surface area contributed by atoms with Crippen LogP contribution in [0.5, 0.6) is 0 Å². The van der Waals surface area contributed by atoms with E-state index in [1.807, 2.05) is 48.5 Å². The molecule has 1 aliphatic heterocycles. The van der Waals surface area contributed by atoms with Crippen molar-refractivity contribution in [3.05, 3.63) is 60.1 Å². The Hall–Kier alpha value is -1.72. The minimum Gasteiger partial charge on any atom is -0.317 e. The van der Waals surface area contributed by atoms with E-state index in [9.17, 15) is 0 Å². The first-order valence-electron chi connectivity index (χ1n) is 4.31. The minimum absolute atomic E-state index is 1.16. The Balaban J connectivity index is 2.32. The molecule has 1 aliphatic rings. The summed E-state index contributed by atoms with van der Waals surface area (Å²) < 4.78 is 0. The van der Waals surface area contributed by atoms with Crippen LogP contribution >= 0.6 is 0 Å². The summed E-state index contributed by atoms with van der Waals surface area (Å²) in [6, 6.07) is 10.2. The Bertz CT molecular complexity index is 381. The zero-order chi connectivity index (χ0) is 9.10. The third-order valence-electron chi connectivity index (χ3n) is 1.97. The lowest BCUT2D eigenvalue weighted by Crippen LogP contribution is -2.07. The van der Waals surface area contributed by atoms with Gasteiger partial charge in [-0.15, -0.1) is 0 Å². The zero-order valence-electron chi connectivity index (χ0n) is 7.57. The van der Waals surface area contributed by atoms with Gasteiger partial charge in [0, 0.05) is 11.9 Å². The molecule has 0 fully saturated rings. The molecule has 0 amide bonds. The number of anilines is 1. The molecule has 0 radical (unpaired) electrons. The van der Waals surface area contributed by atoms with Gasteiger partial charge >= 0.3 is 0 Å². The molecular formula is C12H11N. The topological polar surface area (TPSA) is 3.24 Å². The molecular weight excluding hydrogens is 158 g/mol. The summed E-state index contributed by atoms with van der Waals surface area (Å²) in [5, 5.41) is 0. The van der Waals surface area contributed by atoms with Crippen molar-refractivity contribution in [2.75, 3.05) is 4.90 Å². The van der Waals surface area contributed by atoms with Crippen molar-refractivity contribution in [2.24, 2.45) is 0 Å². The van der Waals surface area contributed by atoms with Crippen molar-refractivity contribution in [2.45, 2.75) is 6.92 Å². The fourth-order valence-corrected chi connectivity index (χ4v) is 1.22. The normalized spacial score (nSPS) is 14.5. The Labute approximate surface area is 78.3 Å². The van der Waals surface area contributed by atoms with E-state index in [1.165, 1.54) is 5.69 Å². The molecule has 1 aromatic rings. The van der Waals surface area contributed by atoms with Crippen LogP contribution in [0.4, 0.5) is 5.69 Å². The van der Waals surface area contributed by atoms with Gasteiger partial charge in [0.25, 0.3) is 0 Å². The molecule has 1 nitrogen and oxygen atoms in total. The molecule has 0 saturated carbocycles. The van der Waals surface area contributed by atoms with Crippen molar-refractivity contribution < 1.29 is 0 Å². The minimum atomic E-state index is 1.16. The van der Waals surface area contributed by atoms with Crippen LogP contribution in [0, 0.1) is 0 Å². The number of hydrogen-bond donors (Lipinski definition) is 0. The van der Waals surface area contributed by atoms with Gasteiger partial charge < -0.3 is 4.90 Å². The maximum Gasteiger partial charge on any atom is 0.0515 e.